The number of aryl methyl sites for hydroxylation is 4. The third kappa shape index (κ3) is 6.34. The minimum atomic E-state index is 0.158. The van der Waals surface area contributed by atoms with Crippen molar-refractivity contribution in [3.05, 3.63) is 57.6 Å². The largest absolute Gasteiger partial charge is 0.325 e. The van der Waals surface area contributed by atoms with Gasteiger partial charge in [-0.2, -0.15) is 0 Å². The molecule has 4 nitrogen and oxygen atoms in total. The van der Waals surface area contributed by atoms with E-state index in [0.717, 1.165) is 91.4 Å². The number of hydrogen-bond donors (Lipinski definition) is 2. The Hall–Kier alpha value is -2.62. The second kappa shape index (κ2) is 11.4. The van der Waals surface area contributed by atoms with Crippen molar-refractivity contribution in [3.63, 3.8) is 0 Å². The lowest BCUT2D eigenvalue weighted by Gasteiger charge is -2.23. The van der Waals surface area contributed by atoms with Crippen LogP contribution in [0, 0.1) is 39.5 Å². The predicted molar refractivity (Wildman–Crippen MR) is 145 cm³/mol. The molecule has 0 atom stereocenters. The summed E-state index contributed by atoms with van der Waals surface area (Å²) in [5.74, 6) is 0.678. The van der Waals surface area contributed by atoms with Crippen LogP contribution in [0.3, 0.4) is 0 Å². The topological polar surface area (TPSA) is 58.2 Å². The van der Waals surface area contributed by atoms with E-state index in [2.05, 4.69) is 62.6 Å². The molecule has 0 saturated heterocycles. The molecule has 0 unspecified atom stereocenters. The van der Waals surface area contributed by atoms with Crippen molar-refractivity contribution in [1.82, 2.24) is 0 Å². The minimum absolute atomic E-state index is 0.158. The van der Waals surface area contributed by atoms with E-state index in [0.29, 0.717) is 0 Å². The Balaban J connectivity index is 1.44. The van der Waals surface area contributed by atoms with Gasteiger partial charge in [0.05, 0.1) is 0 Å². The summed E-state index contributed by atoms with van der Waals surface area (Å²) < 4.78 is 0. The lowest BCUT2D eigenvalue weighted by Crippen LogP contribution is -2.25. The summed E-state index contributed by atoms with van der Waals surface area (Å²) in [4.78, 5) is 25.6. The molecule has 2 N–H and O–H groups in total. The van der Waals surface area contributed by atoms with Crippen molar-refractivity contribution < 1.29 is 9.59 Å². The van der Waals surface area contributed by atoms with Gasteiger partial charge >= 0.3 is 0 Å². The van der Waals surface area contributed by atoms with Gasteiger partial charge in [-0.05, 0) is 93.2 Å². The van der Waals surface area contributed by atoms with E-state index in [4.69, 9.17) is 0 Å². The molecule has 0 spiro atoms. The predicted octanol–water partition coefficient (Wildman–Crippen LogP) is 7.55. The molecule has 4 rings (SSSR count). The van der Waals surface area contributed by atoms with Gasteiger partial charge in [-0.3, -0.25) is 9.59 Å². The Morgan fingerprint density at radius 1 is 0.600 bits per heavy atom. The standard InChI is InChI=1S/C31H42N2O2/c1-20-15-24(16-21(2)28(20)32-30(34)26-11-7-5-8-12-26)19-25-17-22(3)29(23(4)18-25)33-31(35)27-13-9-6-10-14-27/h15-18,26-27H,5-14,19H2,1-4H3,(H,32,34)(H,33,35). The summed E-state index contributed by atoms with van der Waals surface area (Å²) in [6, 6.07) is 8.81. The SMILES string of the molecule is Cc1cc(Cc2cc(C)c(NC(=O)C3CCCCC3)c(C)c2)cc(C)c1NC(=O)C1CCCCC1. The summed E-state index contributed by atoms with van der Waals surface area (Å²) in [5, 5.41) is 6.46. The Labute approximate surface area is 211 Å². The fourth-order valence-corrected chi connectivity index (χ4v) is 6.12. The zero-order valence-corrected chi connectivity index (χ0v) is 22.1. The van der Waals surface area contributed by atoms with Gasteiger partial charge < -0.3 is 10.6 Å². The molecule has 4 heteroatoms. The third-order valence-electron chi connectivity index (χ3n) is 8.04. The maximum atomic E-state index is 12.8. The van der Waals surface area contributed by atoms with E-state index < -0.39 is 0 Å². The number of carbonyl (C=O) groups excluding carboxylic acids is 2. The van der Waals surface area contributed by atoms with Gasteiger partial charge in [-0.1, -0.05) is 62.8 Å². The second-order valence-electron chi connectivity index (χ2n) is 11.0. The van der Waals surface area contributed by atoms with E-state index in [1.165, 1.54) is 24.0 Å². The lowest BCUT2D eigenvalue weighted by molar-refractivity contribution is -0.121. The van der Waals surface area contributed by atoms with E-state index >= 15 is 0 Å². The maximum Gasteiger partial charge on any atom is 0.227 e. The number of amides is 2. The van der Waals surface area contributed by atoms with Crippen LogP contribution in [0.1, 0.15) is 97.6 Å². The van der Waals surface area contributed by atoms with Gasteiger partial charge in [0.2, 0.25) is 11.8 Å². The second-order valence-corrected chi connectivity index (χ2v) is 11.0. The van der Waals surface area contributed by atoms with Crippen LogP contribution in [0.25, 0.3) is 0 Å². The summed E-state index contributed by atoms with van der Waals surface area (Å²) in [6.07, 6.45) is 12.0. The minimum Gasteiger partial charge on any atom is -0.325 e. The number of anilines is 2. The van der Waals surface area contributed by atoms with Gasteiger partial charge in [-0.25, -0.2) is 0 Å². The average molecular weight is 475 g/mol. The maximum absolute atomic E-state index is 12.8. The van der Waals surface area contributed by atoms with E-state index in [1.54, 1.807) is 0 Å². The first-order valence-electron chi connectivity index (χ1n) is 13.6. The average Bonchev–Trinajstić information content (AvgIpc) is 2.84. The summed E-state index contributed by atoms with van der Waals surface area (Å²) in [5.41, 5.74) is 8.91. The van der Waals surface area contributed by atoms with Crippen molar-refractivity contribution >= 4 is 23.2 Å². The number of hydrogen-bond acceptors (Lipinski definition) is 2. The van der Waals surface area contributed by atoms with Crippen LogP contribution in [0.5, 0.6) is 0 Å². The van der Waals surface area contributed by atoms with Crippen LogP contribution in [0.4, 0.5) is 11.4 Å². The molecular formula is C31H42N2O2. The first kappa shape index (κ1) is 25.5. The van der Waals surface area contributed by atoms with Crippen LogP contribution in [0.2, 0.25) is 0 Å². The quantitative estimate of drug-likeness (QED) is 0.454. The molecule has 0 radical (unpaired) electrons. The molecule has 2 aromatic rings. The Bertz CT molecular complexity index is 944. The monoisotopic (exact) mass is 474 g/mol. The zero-order valence-electron chi connectivity index (χ0n) is 22.1. The van der Waals surface area contributed by atoms with Gasteiger partial charge in [-0.15, -0.1) is 0 Å². The first-order chi connectivity index (χ1) is 16.8. The molecule has 2 amide bonds. The van der Waals surface area contributed by atoms with E-state index in [9.17, 15) is 9.59 Å². The van der Waals surface area contributed by atoms with Crippen LogP contribution in [0.15, 0.2) is 24.3 Å². The highest BCUT2D eigenvalue weighted by Crippen LogP contribution is 2.30. The molecule has 0 aromatic heterocycles. The van der Waals surface area contributed by atoms with E-state index in [-0.39, 0.29) is 23.7 Å². The van der Waals surface area contributed by atoms with Crippen molar-refractivity contribution in [2.45, 2.75) is 98.3 Å². The molecule has 0 heterocycles. The van der Waals surface area contributed by atoms with Gasteiger partial charge in [0.1, 0.15) is 0 Å². The van der Waals surface area contributed by atoms with Gasteiger partial charge in [0.25, 0.3) is 0 Å². The van der Waals surface area contributed by atoms with Crippen LogP contribution in [-0.2, 0) is 16.0 Å². The number of benzene rings is 2. The molecule has 35 heavy (non-hydrogen) atoms. The zero-order chi connectivity index (χ0) is 24.9. The number of nitrogens with one attached hydrogen (secondary N) is 2. The van der Waals surface area contributed by atoms with Crippen LogP contribution < -0.4 is 10.6 Å². The van der Waals surface area contributed by atoms with Crippen molar-refractivity contribution in [3.8, 4) is 0 Å². The highest BCUT2D eigenvalue weighted by Gasteiger charge is 2.23. The molecule has 0 bridgehead atoms. The Kier molecular flexibility index (Phi) is 8.30. The fraction of sp³-hybridized carbons (Fsp3) is 0.548. The summed E-state index contributed by atoms with van der Waals surface area (Å²) in [7, 11) is 0. The normalized spacial score (nSPS) is 17.3. The summed E-state index contributed by atoms with van der Waals surface area (Å²) >= 11 is 0. The molecule has 188 valence electrons. The summed E-state index contributed by atoms with van der Waals surface area (Å²) in [6.45, 7) is 8.36. The van der Waals surface area contributed by atoms with E-state index in [1.807, 2.05) is 0 Å². The van der Waals surface area contributed by atoms with Crippen molar-refractivity contribution in [2.75, 3.05) is 10.6 Å². The van der Waals surface area contributed by atoms with Crippen molar-refractivity contribution in [1.29, 1.82) is 0 Å². The molecule has 2 saturated carbocycles. The molecule has 2 aliphatic rings. The van der Waals surface area contributed by atoms with Gasteiger partial charge in [0.15, 0.2) is 0 Å². The Morgan fingerprint density at radius 3 is 1.23 bits per heavy atom. The molecule has 2 aromatic carbocycles. The molecule has 2 fully saturated rings. The highest BCUT2D eigenvalue weighted by atomic mass is 16.2. The Morgan fingerprint density at radius 2 is 0.914 bits per heavy atom. The smallest absolute Gasteiger partial charge is 0.227 e. The fourth-order valence-electron chi connectivity index (χ4n) is 6.12. The number of carbonyl (C=O) groups is 2. The van der Waals surface area contributed by atoms with Gasteiger partial charge in [0, 0.05) is 23.2 Å². The first-order valence-corrected chi connectivity index (χ1v) is 13.6. The van der Waals surface area contributed by atoms with Crippen molar-refractivity contribution in [2.24, 2.45) is 11.8 Å². The number of rotatable bonds is 6. The highest BCUT2D eigenvalue weighted by molar-refractivity contribution is 5.95. The van der Waals surface area contributed by atoms with Crippen LogP contribution in [-0.4, -0.2) is 11.8 Å². The molecular weight excluding hydrogens is 432 g/mol. The lowest BCUT2D eigenvalue weighted by atomic mass is 9.88. The van der Waals surface area contributed by atoms with Crippen LogP contribution >= 0.6 is 0 Å². The molecule has 0 aliphatic heterocycles. The molecule has 2 aliphatic carbocycles. The third-order valence-corrected chi connectivity index (χ3v) is 8.04.